The highest BCUT2D eigenvalue weighted by Crippen LogP contribution is 2.51. The van der Waals surface area contributed by atoms with Crippen molar-refractivity contribution in [2.24, 2.45) is 0 Å². The molecule has 2 heteroatoms. The van der Waals surface area contributed by atoms with Crippen LogP contribution in [0.25, 0.3) is 70.9 Å². The molecule has 0 saturated heterocycles. The molecule has 250 valence electrons. The van der Waals surface area contributed by atoms with E-state index in [0.717, 1.165) is 17.1 Å². The molecule has 0 saturated carbocycles. The molecule has 0 radical (unpaired) electrons. The predicted octanol–water partition coefficient (Wildman–Crippen LogP) is 14.0. The van der Waals surface area contributed by atoms with Gasteiger partial charge in [-0.3, -0.25) is 0 Å². The maximum Gasteiger partial charge on any atom is 0.0547 e. The monoisotopic (exact) mass is 676 g/mol. The molecule has 0 bridgehead atoms. The number of nitrogens with zero attached hydrogens (tertiary/aromatic N) is 2. The highest BCUT2D eigenvalue weighted by Gasteiger charge is 2.35. The second kappa shape index (κ2) is 11.2. The molecular formula is C51H36N2. The van der Waals surface area contributed by atoms with E-state index in [2.05, 4.69) is 205 Å². The minimum absolute atomic E-state index is 0.0856. The minimum Gasteiger partial charge on any atom is -0.310 e. The first-order chi connectivity index (χ1) is 26.1. The zero-order valence-electron chi connectivity index (χ0n) is 29.7. The average Bonchev–Trinajstić information content (AvgIpc) is 3.66. The lowest BCUT2D eigenvalue weighted by atomic mass is 9.82. The zero-order chi connectivity index (χ0) is 35.3. The van der Waals surface area contributed by atoms with E-state index in [0.29, 0.717) is 0 Å². The third kappa shape index (κ3) is 4.33. The molecule has 1 aliphatic carbocycles. The number of hydrogen-bond acceptors (Lipinski definition) is 1. The fourth-order valence-corrected chi connectivity index (χ4v) is 9.25. The van der Waals surface area contributed by atoms with Crippen molar-refractivity contribution < 1.29 is 0 Å². The molecule has 0 amide bonds. The Kier molecular flexibility index (Phi) is 6.33. The van der Waals surface area contributed by atoms with Gasteiger partial charge < -0.3 is 9.47 Å². The van der Waals surface area contributed by atoms with Gasteiger partial charge in [-0.2, -0.15) is 0 Å². The standard InChI is InChI=1S/C51H36N2/c1-51(2)47-23-13-11-21-40(47)41-28-26-36(30-48(41)51)52(33-15-5-3-6-16-33)35-25-27-39-43(29-35)37-19-9-10-20-38(37)45-32-50-46(31-44(39)45)42-22-12-14-24-49(42)53(50)34-17-7-4-8-18-34/h3-32H,1-2H3. The van der Waals surface area contributed by atoms with Crippen LogP contribution in [-0.2, 0) is 5.41 Å². The van der Waals surface area contributed by atoms with E-state index >= 15 is 0 Å². The Hall–Kier alpha value is -6.64. The van der Waals surface area contributed by atoms with Crippen molar-refractivity contribution in [3.63, 3.8) is 0 Å². The van der Waals surface area contributed by atoms with Crippen LogP contribution in [0.3, 0.4) is 0 Å². The van der Waals surface area contributed by atoms with Crippen LogP contribution in [0.1, 0.15) is 25.0 Å². The summed E-state index contributed by atoms with van der Waals surface area (Å²) in [4.78, 5) is 2.43. The molecule has 11 rings (SSSR count). The molecule has 2 nitrogen and oxygen atoms in total. The van der Waals surface area contributed by atoms with E-state index in [1.165, 1.54) is 82.1 Å². The molecule has 0 atom stereocenters. The van der Waals surface area contributed by atoms with E-state index in [4.69, 9.17) is 0 Å². The number of aromatic nitrogens is 1. The Bertz CT molecular complexity index is 3080. The van der Waals surface area contributed by atoms with E-state index in [-0.39, 0.29) is 5.41 Å². The van der Waals surface area contributed by atoms with Crippen molar-refractivity contribution in [3.05, 3.63) is 193 Å². The van der Waals surface area contributed by atoms with Gasteiger partial charge in [0.15, 0.2) is 0 Å². The molecule has 0 spiro atoms. The van der Waals surface area contributed by atoms with Crippen LogP contribution in [-0.4, -0.2) is 4.57 Å². The van der Waals surface area contributed by atoms with Gasteiger partial charge in [-0.1, -0.05) is 129 Å². The second-order valence-electron chi connectivity index (χ2n) is 14.9. The van der Waals surface area contributed by atoms with Gasteiger partial charge >= 0.3 is 0 Å². The summed E-state index contributed by atoms with van der Waals surface area (Å²) in [6.07, 6.45) is 0. The first kappa shape index (κ1) is 30.0. The Labute approximate surface area is 308 Å². The molecule has 0 N–H and O–H groups in total. The zero-order valence-corrected chi connectivity index (χ0v) is 29.7. The molecule has 0 aliphatic heterocycles. The summed E-state index contributed by atoms with van der Waals surface area (Å²) in [5.41, 5.74) is 12.4. The van der Waals surface area contributed by atoms with Gasteiger partial charge in [0.25, 0.3) is 0 Å². The van der Waals surface area contributed by atoms with E-state index in [1.54, 1.807) is 0 Å². The van der Waals surface area contributed by atoms with Gasteiger partial charge in [-0.05, 0) is 121 Å². The molecule has 0 unspecified atom stereocenters. The van der Waals surface area contributed by atoms with Crippen LogP contribution in [0.15, 0.2) is 182 Å². The van der Waals surface area contributed by atoms with Gasteiger partial charge in [-0.25, -0.2) is 0 Å². The normalized spacial score (nSPS) is 13.2. The third-order valence-electron chi connectivity index (χ3n) is 11.7. The van der Waals surface area contributed by atoms with Crippen LogP contribution in [0.5, 0.6) is 0 Å². The highest BCUT2D eigenvalue weighted by molar-refractivity contribution is 6.29. The summed E-state index contributed by atoms with van der Waals surface area (Å²) in [7, 11) is 0. The second-order valence-corrected chi connectivity index (χ2v) is 14.9. The van der Waals surface area contributed by atoms with Crippen molar-refractivity contribution in [2.75, 3.05) is 4.90 Å². The Morgan fingerprint density at radius 2 is 0.925 bits per heavy atom. The fraction of sp³-hybridized carbons (Fsp3) is 0.0588. The summed E-state index contributed by atoms with van der Waals surface area (Å²) < 4.78 is 2.42. The van der Waals surface area contributed by atoms with Gasteiger partial charge in [0.2, 0.25) is 0 Å². The number of hydrogen-bond donors (Lipinski definition) is 0. The molecule has 1 aliphatic rings. The summed E-state index contributed by atoms with van der Waals surface area (Å²) in [6.45, 7) is 4.71. The summed E-state index contributed by atoms with van der Waals surface area (Å²) >= 11 is 0. The summed E-state index contributed by atoms with van der Waals surface area (Å²) in [6, 6.07) is 67.2. The molecule has 0 fully saturated rings. The smallest absolute Gasteiger partial charge is 0.0547 e. The predicted molar refractivity (Wildman–Crippen MR) is 226 cm³/mol. The third-order valence-corrected chi connectivity index (χ3v) is 11.7. The maximum absolute atomic E-state index is 2.44. The number of para-hydroxylation sites is 3. The van der Waals surface area contributed by atoms with E-state index in [1.807, 2.05) is 0 Å². The summed E-state index contributed by atoms with van der Waals surface area (Å²) in [5, 5.41) is 10.1. The molecule has 1 aromatic heterocycles. The Balaban J connectivity index is 1.17. The average molecular weight is 677 g/mol. The molecule has 1 heterocycles. The van der Waals surface area contributed by atoms with Crippen molar-refractivity contribution in [1.82, 2.24) is 4.57 Å². The lowest BCUT2D eigenvalue weighted by Gasteiger charge is -2.28. The van der Waals surface area contributed by atoms with Gasteiger partial charge in [0, 0.05) is 38.9 Å². The SMILES string of the molecule is CC1(C)c2ccccc2-c2ccc(N(c3ccccc3)c3ccc4c(c3)c3ccccc3c3cc5c(cc43)c3ccccc3n5-c3ccccc3)cc21. The van der Waals surface area contributed by atoms with Gasteiger partial charge in [-0.15, -0.1) is 0 Å². The van der Waals surface area contributed by atoms with E-state index < -0.39 is 0 Å². The minimum atomic E-state index is -0.0856. The van der Waals surface area contributed by atoms with Crippen LogP contribution < -0.4 is 4.90 Å². The first-order valence-electron chi connectivity index (χ1n) is 18.5. The molecule has 9 aromatic carbocycles. The van der Waals surface area contributed by atoms with Crippen molar-refractivity contribution >= 4 is 71.2 Å². The molecular weight excluding hydrogens is 641 g/mol. The quantitative estimate of drug-likeness (QED) is 0.168. The van der Waals surface area contributed by atoms with Crippen LogP contribution in [0, 0.1) is 0 Å². The lowest BCUT2D eigenvalue weighted by molar-refractivity contribution is 0.660. The Morgan fingerprint density at radius 1 is 0.358 bits per heavy atom. The largest absolute Gasteiger partial charge is 0.310 e. The van der Waals surface area contributed by atoms with Crippen LogP contribution >= 0.6 is 0 Å². The number of fused-ring (bicyclic) bond motifs is 12. The fourth-order valence-electron chi connectivity index (χ4n) is 9.25. The molecule has 53 heavy (non-hydrogen) atoms. The lowest BCUT2D eigenvalue weighted by Crippen LogP contribution is -2.16. The topological polar surface area (TPSA) is 8.17 Å². The Morgan fingerprint density at radius 3 is 1.72 bits per heavy atom. The van der Waals surface area contributed by atoms with Gasteiger partial charge in [0.05, 0.1) is 11.0 Å². The van der Waals surface area contributed by atoms with Crippen LogP contribution in [0.4, 0.5) is 17.1 Å². The van der Waals surface area contributed by atoms with Crippen molar-refractivity contribution in [3.8, 4) is 16.8 Å². The van der Waals surface area contributed by atoms with Crippen molar-refractivity contribution in [2.45, 2.75) is 19.3 Å². The van der Waals surface area contributed by atoms with Crippen LogP contribution in [0.2, 0.25) is 0 Å². The highest BCUT2D eigenvalue weighted by atomic mass is 15.1. The van der Waals surface area contributed by atoms with Crippen molar-refractivity contribution in [1.29, 1.82) is 0 Å². The number of benzene rings is 9. The van der Waals surface area contributed by atoms with E-state index in [9.17, 15) is 0 Å². The molecule has 10 aromatic rings. The summed E-state index contributed by atoms with van der Waals surface area (Å²) in [5.74, 6) is 0. The first-order valence-corrected chi connectivity index (χ1v) is 18.5. The van der Waals surface area contributed by atoms with Gasteiger partial charge in [0.1, 0.15) is 0 Å². The number of rotatable bonds is 4. The number of anilines is 3. The maximum atomic E-state index is 2.44.